The predicted octanol–water partition coefficient (Wildman–Crippen LogP) is 3.33. The number of rotatable bonds is 2. The van der Waals surface area contributed by atoms with Gasteiger partial charge in [-0.25, -0.2) is 4.98 Å². The summed E-state index contributed by atoms with van der Waals surface area (Å²) in [4.78, 5) is 21.7. The van der Waals surface area contributed by atoms with Gasteiger partial charge < -0.3 is 10.6 Å². The minimum absolute atomic E-state index is 0.0690. The third kappa shape index (κ3) is 3.80. The van der Waals surface area contributed by atoms with Crippen molar-refractivity contribution in [3.63, 3.8) is 0 Å². The van der Waals surface area contributed by atoms with Gasteiger partial charge in [-0.2, -0.15) is 0 Å². The molecule has 2 atom stereocenters. The second-order valence-corrected chi connectivity index (χ2v) is 8.03. The van der Waals surface area contributed by atoms with Gasteiger partial charge in [0.25, 0.3) is 5.91 Å². The lowest BCUT2D eigenvalue weighted by Crippen LogP contribution is -2.57. The van der Waals surface area contributed by atoms with Crippen LogP contribution in [0.3, 0.4) is 0 Å². The molecule has 1 aromatic heterocycles. The summed E-state index contributed by atoms with van der Waals surface area (Å²) in [5.41, 5.74) is 8.44. The number of anilines is 1. The van der Waals surface area contributed by atoms with Crippen LogP contribution in [0.2, 0.25) is 5.02 Å². The third-order valence-electron chi connectivity index (χ3n) is 5.87. The standard InChI is InChI=1S/C21H25ClN4O/c1-14-19(8-9-20(23)24-14)21(27)26-11-10-25-12-16(4-7-18(25)13-26)15-2-5-17(22)6-3-15/h2-3,5-6,8-9,16,18H,4,7,10-13H2,1H3,(H2,23,24)/t16-,18+/m0/s1. The highest BCUT2D eigenvalue weighted by molar-refractivity contribution is 6.30. The fraction of sp³-hybridized carbons (Fsp3) is 0.429. The number of carbonyl (C=O) groups excluding carboxylic acids is 1. The molecule has 0 saturated carbocycles. The van der Waals surface area contributed by atoms with E-state index in [1.807, 2.05) is 24.0 Å². The van der Waals surface area contributed by atoms with Crippen LogP contribution in [0.5, 0.6) is 0 Å². The molecule has 142 valence electrons. The van der Waals surface area contributed by atoms with Crippen molar-refractivity contribution in [1.82, 2.24) is 14.8 Å². The second-order valence-electron chi connectivity index (χ2n) is 7.59. The summed E-state index contributed by atoms with van der Waals surface area (Å²) in [6.45, 7) is 5.36. The Bertz CT molecular complexity index is 839. The van der Waals surface area contributed by atoms with Crippen LogP contribution in [0.1, 0.15) is 40.4 Å². The molecule has 2 fully saturated rings. The number of fused-ring (bicyclic) bond motifs is 1. The molecule has 1 aromatic carbocycles. The molecular formula is C21H25ClN4O. The summed E-state index contributed by atoms with van der Waals surface area (Å²) < 4.78 is 0. The maximum atomic E-state index is 12.9. The summed E-state index contributed by atoms with van der Waals surface area (Å²) in [7, 11) is 0. The summed E-state index contributed by atoms with van der Waals surface area (Å²) in [5.74, 6) is 1.07. The van der Waals surface area contributed by atoms with Crippen LogP contribution in [0.4, 0.5) is 5.82 Å². The molecule has 0 aliphatic carbocycles. The van der Waals surface area contributed by atoms with Gasteiger partial charge in [-0.15, -0.1) is 0 Å². The van der Waals surface area contributed by atoms with Crippen LogP contribution in [-0.4, -0.2) is 52.9 Å². The Morgan fingerprint density at radius 2 is 1.89 bits per heavy atom. The average molecular weight is 385 g/mol. The molecule has 0 spiro atoms. The monoisotopic (exact) mass is 384 g/mol. The first kappa shape index (κ1) is 18.3. The average Bonchev–Trinajstić information content (AvgIpc) is 2.67. The number of nitrogens with zero attached hydrogens (tertiary/aromatic N) is 3. The number of nitrogens with two attached hydrogens (primary N) is 1. The van der Waals surface area contributed by atoms with Gasteiger partial charge in [0.1, 0.15) is 5.82 Å². The van der Waals surface area contributed by atoms with Crippen molar-refractivity contribution in [3.8, 4) is 0 Å². The molecule has 2 saturated heterocycles. The van der Waals surface area contributed by atoms with Crippen LogP contribution in [-0.2, 0) is 0 Å². The zero-order chi connectivity index (χ0) is 19.0. The maximum absolute atomic E-state index is 12.9. The van der Waals surface area contributed by atoms with Gasteiger partial charge in [0.15, 0.2) is 0 Å². The largest absolute Gasteiger partial charge is 0.384 e. The molecule has 5 nitrogen and oxygen atoms in total. The van der Waals surface area contributed by atoms with E-state index < -0.39 is 0 Å². The van der Waals surface area contributed by atoms with Gasteiger partial charge in [0.05, 0.1) is 11.3 Å². The highest BCUT2D eigenvalue weighted by atomic mass is 35.5. The molecule has 0 radical (unpaired) electrons. The minimum Gasteiger partial charge on any atom is -0.384 e. The molecule has 1 amide bonds. The zero-order valence-corrected chi connectivity index (χ0v) is 16.3. The lowest BCUT2D eigenvalue weighted by atomic mass is 9.86. The molecule has 0 bridgehead atoms. The van der Waals surface area contributed by atoms with Crippen molar-refractivity contribution in [2.45, 2.75) is 31.7 Å². The van der Waals surface area contributed by atoms with Gasteiger partial charge in [-0.3, -0.25) is 9.69 Å². The van der Waals surface area contributed by atoms with Gasteiger partial charge in [0, 0.05) is 37.2 Å². The van der Waals surface area contributed by atoms with Gasteiger partial charge in [0.2, 0.25) is 0 Å². The number of hydrogen-bond acceptors (Lipinski definition) is 4. The first-order chi connectivity index (χ1) is 13.0. The molecule has 0 unspecified atom stereocenters. The Morgan fingerprint density at radius 3 is 2.63 bits per heavy atom. The zero-order valence-electron chi connectivity index (χ0n) is 15.6. The third-order valence-corrected chi connectivity index (χ3v) is 6.13. The van der Waals surface area contributed by atoms with E-state index in [0.717, 1.165) is 44.0 Å². The normalized spacial score (nSPS) is 23.1. The van der Waals surface area contributed by atoms with E-state index in [9.17, 15) is 4.79 Å². The molecule has 4 rings (SSSR count). The summed E-state index contributed by atoms with van der Waals surface area (Å²) >= 11 is 6.02. The van der Waals surface area contributed by atoms with E-state index >= 15 is 0 Å². The number of nitrogen functional groups attached to an aromatic ring is 1. The summed E-state index contributed by atoms with van der Waals surface area (Å²) in [6.07, 6.45) is 2.25. The van der Waals surface area contributed by atoms with Crippen molar-refractivity contribution in [2.24, 2.45) is 0 Å². The lowest BCUT2D eigenvalue weighted by molar-refractivity contribution is 0.0328. The van der Waals surface area contributed by atoms with Crippen molar-refractivity contribution >= 4 is 23.3 Å². The highest BCUT2D eigenvalue weighted by Crippen LogP contribution is 2.32. The quantitative estimate of drug-likeness (QED) is 0.862. The number of benzene rings is 1. The number of amides is 1. The fourth-order valence-electron chi connectivity index (χ4n) is 4.34. The molecule has 27 heavy (non-hydrogen) atoms. The van der Waals surface area contributed by atoms with Crippen molar-refractivity contribution in [2.75, 3.05) is 31.9 Å². The Kier molecular flexibility index (Phi) is 5.06. The Morgan fingerprint density at radius 1 is 1.11 bits per heavy atom. The molecule has 2 aromatic rings. The smallest absolute Gasteiger partial charge is 0.255 e. The van der Waals surface area contributed by atoms with Crippen molar-refractivity contribution in [1.29, 1.82) is 0 Å². The minimum atomic E-state index is 0.0690. The molecule has 2 N–H and O–H groups in total. The first-order valence-electron chi connectivity index (χ1n) is 9.53. The molecule has 2 aliphatic rings. The van der Waals surface area contributed by atoms with Crippen LogP contribution < -0.4 is 5.73 Å². The number of piperazine rings is 1. The van der Waals surface area contributed by atoms with E-state index in [1.165, 1.54) is 5.56 Å². The summed E-state index contributed by atoms with van der Waals surface area (Å²) in [6, 6.07) is 12.2. The number of pyridine rings is 1. The maximum Gasteiger partial charge on any atom is 0.255 e. The van der Waals surface area contributed by atoms with Gasteiger partial charge >= 0.3 is 0 Å². The predicted molar refractivity (Wildman–Crippen MR) is 108 cm³/mol. The van der Waals surface area contributed by atoms with Crippen molar-refractivity contribution in [3.05, 3.63) is 58.2 Å². The van der Waals surface area contributed by atoms with E-state index in [2.05, 4.69) is 22.0 Å². The van der Waals surface area contributed by atoms with Crippen LogP contribution in [0.15, 0.2) is 36.4 Å². The Balaban J connectivity index is 1.41. The second kappa shape index (κ2) is 7.49. The lowest BCUT2D eigenvalue weighted by Gasteiger charge is -2.46. The molecular weight excluding hydrogens is 360 g/mol. The number of aryl methyl sites for hydroxylation is 1. The summed E-state index contributed by atoms with van der Waals surface area (Å²) in [5, 5.41) is 0.784. The number of carbonyl (C=O) groups is 1. The molecule has 2 aliphatic heterocycles. The number of halogens is 1. The fourth-order valence-corrected chi connectivity index (χ4v) is 4.47. The SMILES string of the molecule is Cc1nc(N)ccc1C(=O)N1CCN2C[C@@H](c3ccc(Cl)cc3)CC[C@@H]2C1. The van der Waals surface area contributed by atoms with Gasteiger partial charge in [-0.05, 0) is 55.5 Å². The Hall–Kier alpha value is -2.11. The van der Waals surface area contributed by atoms with Gasteiger partial charge in [-0.1, -0.05) is 23.7 Å². The molecule has 3 heterocycles. The Labute approximate surface area is 165 Å². The number of hydrogen-bond donors (Lipinski definition) is 1. The van der Waals surface area contributed by atoms with Crippen LogP contribution in [0, 0.1) is 6.92 Å². The van der Waals surface area contributed by atoms with Crippen LogP contribution >= 0.6 is 11.6 Å². The van der Waals surface area contributed by atoms with E-state index in [0.29, 0.717) is 29.0 Å². The first-order valence-corrected chi connectivity index (χ1v) is 9.91. The van der Waals surface area contributed by atoms with E-state index in [4.69, 9.17) is 17.3 Å². The highest BCUT2D eigenvalue weighted by Gasteiger charge is 2.35. The number of aromatic nitrogens is 1. The molecule has 6 heteroatoms. The van der Waals surface area contributed by atoms with E-state index in [-0.39, 0.29) is 5.91 Å². The number of piperidine rings is 1. The topological polar surface area (TPSA) is 62.5 Å². The van der Waals surface area contributed by atoms with Crippen LogP contribution in [0.25, 0.3) is 0 Å². The van der Waals surface area contributed by atoms with Crippen molar-refractivity contribution < 1.29 is 4.79 Å². The van der Waals surface area contributed by atoms with E-state index in [1.54, 1.807) is 12.1 Å².